The molecule has 1 heterocycles. The second kappa shape index (κ2) is 4.29. The van der Waals surface area contributed by atoms with Gasteiger partial charge in [0.15, 0.2) is 0 Å². The quantitative estimate of drug-likeness (QED) is 0.684. The molecule has 1 aliphatic heterocycles. The Kier molecular flexibility index (Phi) is 2.84. The van der Waals surface area contributed by atoms with E-state index in [4.69, 9.17) is 9.84 Å². The number of benzene rings is 1. The summed E-state index contributed by atoms with van der Waals surface area (Å²) in [6.45, 7) is 0.790. The Labute approximate surface area is 83.8 Å². The van der Waals surface area contributed by atoms with Crippen molar-refractivity contribution >= 4 is 0 Å². The molecular formula is C12H14O2. The fourth-order valence-electron chi connectivity index (χ4n) is 1.68. The molecule has 14 heavy (non-hydrogen) atoms. The molecule has 1 aromatic rings. The van der Waals surface area contributed by atoms with Crippen LogP contribution in [0.1, 0.15) is 5.56 Å². The summed E-state index contributed by atoms with van der Waals surface area (Å²) in [4.78, 5) is 0. The minimum absolute atomic E-state index is 0.199. The molecule has 2 rings (SSSR count). The molecule has 0 radical (unpaired) electrons. The van der Waals surface area contributed by atoms with Crippen LogP contribution in [0.2, 0.25) is 0 Å². The third-order valence-electron chi connectivity index (χ3n) is 2.43. The summed E-state index contributed by atoms with van der Waals surface area (Å²) in [5.41, 5.74) is 1.18. The number of ether oxygens (including phenoxy) is 1. The Hall–Kier alpha value is -1.28. The lowest BCUT2D eigenvalue weighted by Crippen LogP contribution is -2.11. The number of hydrogen-bond donors (Lipinski definition) is 1. The average Bonchev–Trinajstić information content (AvgIpc) is 2.19. The predicted octanol–water partition coefficient (Wildman–Crippen LogP) is 1.79. The SMILES string of the molecule is OCC1/C=C\COc2ccccc2C1. The van der Waals surface area contributed by atoms with Gasteiger partial charge in [0, 0.05) is 12.5 Å². The summed E-state index contributed by atoms with van der Waals surface area (Å²) in [7, 11) is 0. The molecule has 0 fully saturated rings. The number of hydrogen-bond acceptors (Lipinski definition) is 2. The second-order valence-electron chi connectivity index (χ2n) is 3.49. The highest BCUT2D eigenvalue weighted by atomic mass is 16.5. The molecule has 0 saturated carbocycles. The van der Waals surface area contributed by atoms with E-state index in [0.717, 1.165) is 12.2 Å². The minimum Gasteiger partial charge on any atom is -0.489 e. The van der Waals surface area contributed by atoms with Crippen molar-refractivity contribution in [2.24, 2.45) is 5.92 Å². The van der Waals surface area contributed by atoms with Crippen molar-refractivity contribution in [1.29, 1.82) is 0 Å². The van der Waals surface area contributed by atoms with Crippen LogP contribution in [0.4, 0.5) is 0 Å². The highest BCUT2D eigenvalue weighted by molar-refractivity contribution is 5.34. The van der Waals surface area contributed by atoms with Crippen LogP contribution in [0, 0.1) is 5.92 Å². The third kappa shape index (κ3) is 1.96. The molecule has 1 atom stereocenters. The van der Waals surface area contributed by atoms with Gasteiger partial charge in [0.2, 0.25) is 0 Å². The molecule has 0 saturated heterocycles. The van der Waals surface area contributed by atoms with Crippen molar-refractivity contribution in [3.63, 3.8) is 0 Å². The Morgan fingerprint density at radius 3 is 3.07 bits per heavy atom. The van der Waals surface area contributed by atoms with E-state index < -0.39 is 0 Å². The van der Waals surface area contributed by atoms with E-state index in [1.54, 1.807) is 0 Å². The maximum Gasteiger partial charge on any atom is 0.122 e. The van der Waals surface area contributed by atoms with Crippen LogP contribution >= 0.6 is 0 Å². The summed E-state index contributed by atoms with van der Waals surface area (Å²) >= 11 is 0. The number of fused-ring (bicyclic) bond motifs is 1. The minimum atomic E-state index is 0.199. The van der Waals surface area contributed by atoms with Crippen LogP contribution in [0.3, 0.4) is 0 Å². The van der Waals surface area contributed by atoms with Gasteiger partial charge < -0.3 is 9.84 Å². The molecule has 0 spiro atoms. The van der Waals surface area contributed by atoms with Gasteiger partial charge >= 0.3 is 0 Å². The molecule has 1 aliphatic rings. The van der Waals surface area contributed by atoms with E-state index in [2.05, 4.69) is 6.07 Å². The predicted molar refractivity (Wildman–Crippen MR) is 55.4 cm³/mol. The molecule has 0 bridgehead atoms. The van der Waals surface area contributed by atoms with Crippen LogP contribution in [-0.2, 0) is 6.42 Å². The van der Waals surface area contributed by atoms with E-state index in [0.29, 0.717) is 6.61 Å². The molecule has 74 valence electrons. The van der Waals surface area contributed by atoms with Gasteiger partial charge in [0.1, 0.15) is 12.4 Å². The van der Waals surface area contributed by atoms with Crippen molar-refractivity contribution in [1.82, 2.24) is 0 Å². The average molecular weight is 190 g/mol. The summed E-state index contributed by atoms with van der Waals surface area (Å²) in [5.74, 6) is 1.16. The Morgan fingerprint density at radius 2 is 2.21 bits per heavy atom. The first-order valence-corrected chi connectivity index (χ1v) is 4.88. The molecular weight excluding hydrogens is 176 g/mol. The maximum absolute atomic E-state index is 9.14. The van der Waals surface area contributed by atoms with Crippen LogP contribution in [0.25, 0.3) is 0 Å². The molecule has 1 N–H and O–H groups in total. The first kappa shape index (κ1) is 9.28. The first-order chi connectivity index (χ1) is 6.90. The summed E-state index contributed by atoms with van der Waals surface area (Å²) in [5, 5.41) is 9.14. The van der Waals surface area contributed by atoms with E-state index in [1.807, 2.05) is 30.4 Å². The van der Waals surface area contributed by atoms with E-state index in [1.165, 1.54) is 5.56 Å². The zero-order valence-electron chi connectivity index (χ0n) is 8.02. The first-order valence-electron chi connectivity index (χ1n) is 4.88. The number of para-hydroxylation sites is 1. The standard InChI is InChI=1S/C12H14O2/c13-9-10-4-3-7-14-12-6-2-1-5-11(12)8-10/h1-6,10,13H,7-9H2/b4-3-. The summed E-state index contributed by atoms with van der Waals surface area (Å²) in [6, 6.07) is 8.00. The summed E-state index contributed by atoms with van der Waals surface area (Å²) < 4.78 is 5.55. The molecule has 0 amide bonds. The Morgan fingerprint density at radius 1 is 1.36 bits per heavy atom. The van der Waals surface area contributed by atoms with Gasteiger partial charge in [-0.15, -0.1) is 0 Å². The van der Waals surface area contributed by atoms with Crippen LogP contribution in [0.15, 0.2) is 36.4 Å². The molecule has 1 unspecified atom stereocenters. The topological polar surface area (TPSA) is 29.5 Å². The summed E-state index contributed by atoms with van der Waals surface area (Å²) in [6.07, 6.45) is 4.84. The van der Waals surface area contributed by atoms with Crippen LogP contribution in [-0.4, -0.2) is 18.3 Å². The molecule has 0 aliphatic carbocycles. The fraction of sp³-hybridized carbons (Fsp3) is 0.333. The van der Waals surface area contributed by atoms with Gasteiger partial charge in [0.05, 0.1) is 0 Å². The lowest BCUT2D eigenvalue weighted by atomic mass is 9.98. The Bertz CT molecular complexity index is 331. The third-order valence-corrected chi connectivity index (χ3v) is 2.43. The number of aliphatic hydroxyl groups excluding tert-OH is 1. The number of aliphatic hydroxyl groups is 1. The smallest absolute Gasteiger partial charge is 0.122 e. The van der Waals surface area contributed by atoms with E-state index >= 15 is 0 Å². The highest BCUT2D eigenvalue weighted by Crippen LogP contribution is 2.23. The van der Waals surface area contributed by atoms with Gasteiger partial charge in [-0.2, -0.15) is 0 Å². The van der Waals surface area contributed by atoms with Crippen molar-refractivity contribution in [2.75, 3.05) is 13.2 Å². The Balaban J connectivity index is 2.26. The second-order valence-corrected chi connectivity index (χ2v) is 3.49. The fourth-order valence-corrected chi connectivity index (χ4v) is 1.68. The van der Waals surface area contributed by atoms with Gasteiger partial charge in [-0.3, -0.25) is 0 Å². The van der Waals surface area contributed by atoms with Crippen LogP contribution in [0.5, 0.6) is 5.75 Å². The molecule has 2 heteroatoms. The van der Waals surface area contributed by atoms with E-state index in [-0.39, 0.29) is 12.5 Å². The van der Waals surface area contributed by atoms with Gasteiger partial charge in [-0.05, 0) is 18.1 Å². The molecule has 0 aromatic heterocycles. The normalized spacial score (nSPS) is 22.8. The lowest BCUT2D eigenvalue weighted by molar-refractivity contribution is 0.248. The van der Waals surface area contributed by atoms with Gasteiger partial charge in [-0.25, -0.2) is 0 Å². The maximum atomic E-state index is 9.14. The van der Waals surface area contributed by atoms with Gasteiger partial charge in [-0.1, -0.05) is 30.4 Å². The van der Waals surface area contributed by atoms with E-state index in [9.17, 15) is 0 Å². The monoisotopic (exact) mass is 190 g/mol. The number of rotatable bonds is 1. The van der Waals surface area contributed by atoms with Crippen molar-refractivity contribution < 1.29 is 9.84 Å². The largest absolute Gasteiger partial charge is 0.489 e. The zero-order valence-corrected chi connectivity index (χ0v) is 8.02. The van der Waals surface area contributed by atoms with Crippen LogP contribution < -0.4 is 4.74 Å². The molecule has 2 nitrogen and oxygen atoms in total. The lowest BCUT2D eigenvalue weighted by Gasteiger charge is -2.16. The zero-order chi connectivity index (χ0) is 9.80. The van der Waals surface area contributed by atoms with Crippen molar-refractivity contribution in [3.05, 3.63) is 42.0 Å². The van der Waals surface area contributed by atoms with Gasteiger partial charge in [0.25, 0.3) is 0 Å². The highest BCUT2D eigenvalue weighted by Gasteiger charge is 2.10. The molecule has 1 aromatic carbocycles. The van der Waals surface area contributed by atoms with Crippen molar-refractivity contribution in [2.45, 2.75) is 6.42 Å². The van der Waals surface area contributed by atoms with Crippen molar-refractivity contribution in [3.8, 4) is 5.75 Å².